The number of nitrogens with zero attached hydrogens (tertiary/aromatic N) is 1. The van der Waals surface area contributed by atoms with Gasteiger partial charge in [0.05, 0.1) is 39.6 Å². The summed E-state index contributed by atoms with van der Waals surface area (Å²) in [4.78, 5) is 3.29. The maximum atomic E-state index is 8.83. The average Bonchev–Trinajstić information content (AvgIpc) is 2.83. The molecule has 104 valence electrons. The predicted octanol–water partition coefficient (Wildman–Crippen LogP) is 4.96. The number of hydrogen-bond acceptors (Lipinski definition) is 2. The summed E-state index contributed by atoms with van der Waals surface area (Å²) in [5.41, 5.74) is 3.21. The number of anilines is 1. The van der Waals surface area contributed by atoms with Gasteiger partial charge < -0.3 is 10.3 Å². The van der Waals surface area contributed by atoms with Crippen molar-refractivity contribution in [2.24, 2.45) is 0 Å². The van der Waals surface area contributed by atoms with Crippen LogP contribution in [0, 0.1) is 11.3 Å². The lowest BCUT2D eigenvalue weighted by molar-refractivity contribution is 1.09. The van der Waals surface area contributed by atoms with Gasteiger partial charge in [-0.2, -0.15) is 5.26 Å². The van der Waals surface area contributed by atoms with E-state index < -0.39 is 0 Å². The van der Waals surface area contributed by atoms with E-state index in [9.17, 15) is 0 Å². The van der Waals surface area contributed by atoms with E-state index in [4.69, 9.17) is 28.5 Å². The molecule has 0 unspecified atom stereocenters. The molecule has 0 spiro atoms. The van der Waals surface area contributed by atoms with Crippen molar-refractivity contribution < 1.29 is 0 Å². The first kappa shape index (κ1) is 13.8. The molecule has 0 amide bonds. The highest BCUT2D eigenvalue weighted by atomic mass is 35.5. The highest BCUT2D eigenvalue weighted by Gasteiger charge is 2.09. The third-order valence-electron chi connectivity index (χ3n) is 3.27. The van der Waals surface area contributed by atoms with Crippen LogP contribution in [0.25, 0.3) is 10.9 Å². The van der Waals surface area contributed by atoms with Crippen molar-refractivity contribution in [3.05, 3.63) is 63.8 Å². The Kier molecular flexibility index (Phi) is 3.74. The summed E-state index contributed by atoms with van der Waals surface area (Å²) >= 11 is 12.5. The molecule has 0 fully saturated rings. The molecule has 0 atom stereocenters. The topological polar surface area (TPSA) is 51.6 Å². The fourth-order valence-electron chi connectivity index (χ4n) is 2.20. The Morgan fingerprint density at radius 2 is 1.95 bits per heavy atom. The molecule has 0 bridgehead atoms. The first-order valence-corrected chi connectivity index (χ1v) is 7.13. The molecule has 0 aliphatic heterocycles. The van der Waals surface area contributed by atoms with Crippen LogP contribution in [-0.2, 0) is 6.54 Å². The van der Waals surface area contributed by atoms with Gasteiger partial charge in [0.25, 0.3) is 0 Å². The van der Waals surface area contributed by atoms with Gasteiger partial charge in [0.15, 0.2) is 0 Å². The number of halogens is 2. The van der Waals surface area contributed by atoms with E-state index in [2.05, 4.69) is 16.4 Å². The van der Waals surface area contributed by atoms with Crippen molar-refractivity contribution in [3.8, 4) is 6.07 Å². The number of nitriles is 1. The van der Waals surface area contributed by atoms with E-state index in [1.807, 2.05) is 24.3 Å². The maximum Gasteiger partial charge on any atom is 0.0992 e. The second-order valence-electron chi connectivity index (χ2n) is 4.62. The zero-order valence-corrected chi connectivity index (χ0v) is 12.5. The summed E-state index contributed by atoms with van der Waals surface area (Å²) in [5, 5.41) is 14.3. The molecular formula is C16H11Cl2N3. The molecule has 3 aromatic rings. The number of para-hydroxylation sites is 1. The lowest BCUT2D eigenvalue weighted by atomic mass is 10.2. The van der Waals surface area contributed by atoms with E-state index in [0.717, 1.165) is 22.3 Å². The Bertz CT molecular complexity index is 846. The van der Waals surface area contributed by atoms with Crippen LogP contribution in [0.2, 0.25) is 10.0 Å². The van der Waals surface area contributed by atoms with Crippen LogP contribution >= 0.6 is 23.2 Å². The van der Waals surface area contributed by atoms with Crippen LogP contribution in [0.1, 0.15) is 11.3 Å². The first-order chi connectivity index (χ1) is 10.2. The minimum atomic E-state index is 0.515. The van der Waals surface area contributed by atoms with Crippen molar-refractivity contribution in [1.82, 2.24) is 4.98 Å². The van der Waals surface area contributed by atoms with E-state index >= 15 is 0 Å². The lowest BCUT2D eigenvalue weighted by Crippen LogP contribution is -2.00. The highest BCUT2D eigenvalue weighted by Crippen LogP contribution is 2.29. The van der Waals surface area contributed by atoms with Gasteiger partial charge in [-0.05, 0) is 24.3 Å². The Hall–Kier alpha value is -2.15. The SMILES string of the molecule is N#Cc1ccc(NCc2[nH]c3ccccc3c2Cl)c(Cl)c1. The molecule has 2 aromatic carbocycles. The molecule has 2 N–H and O–H groups in total. The predicted molar refractivity (Wildman–Crippen MR) is 86.8 cm³/mol. The molecule has 0 saturated carbocycles. The molecule has 1 heterocycles. The smallest absolute Gasteiger partial charge is 0.0992 e. The number of benzene rings is 2. The van der Waals surface area contributed by atoms with Gasteiger partial charge >= 0.3 is 0 Å². The number of aromatic amines is 1. The van der Waals surface area contributed by atoms with Crippen molar-refractivity contribution in [3.63, 3.8) is 0 Å². The van der Waals surface area contributed by atoms with E-state index in [1.165, 1.54) is 0 Å². The van der Waals surface area contributed by atoms with Crippen LogP contribution in [0.15, 0.2) is 42.5 Å². The van der Waals surface area contributed by atoms with Gasteiger partial charge in [0.2, 0.25) is 0 Å². The number of rotatable bonds is 3. The first-order valence-electron chi connectivity index (χ1n) is 6.37. The second-order valence-corrected chi connectivity index (χ2v) is 5.41. The van der Waals surface area contributed by atoms with Crippen molar-refractivity contribution in [2.45, 2.75) is 6.54 Å². The van der Waals surface area contributed by atoms with Gasteiger partial charge in [-0.15, -0.1) is 0 Å². The Labute approximate surface area is 132 Å². The summed E-state index contributed by atoms with van der Waals surface area (Å²) in [5.74, 6) is 0. The molecule has 5 heteroatoms. The largest absolute Gasteiger partial charge is 0.378 e. The fourth-order valence-corrected chi connectivity index (χ4v) is 2.72. The Morgan fingerprint density at radius 1 is 1.14 bits per heavy atom. The number of aromatic nitrogens is 1. The highest BCUT2D eigenvalue weighted by molar-refractivity contribution is 6.36. The summed E-state index contributed by atoms with van der Waals surface area (Å²) in [6, 6.07) is 15.1. The summed E-state index contributed by atoms with van der Waals surface area (Å²) < 4.78 is 0. The van der Waals surface area contributed by atoms with Gasteiger partial charge in [-0.3, -0.25) is 0 Å². The zero-order chi connectivity index (χ0) is 14.8. The minimum absolute atomic E-state index is 0.515. The zero-order valence-electron chi connectivity index (χ0n) is 11.0. The molecule has 3 rings (SSSR count). The standard InChI is InChI=1S/C16H11Cl2N3/c17-12-7-10(8-19)5-6-14(12)20-9-15-16(18)11-3-1-2-4-13(11)21-15/h1-7,20-21H,9H2. The summed E-state index contributed by atoms with van der Waals surface area (Å²) in [6.07, 6.45) is 0. The molecule has 0 aliphatic rings. The summed E-state index contributed by atoms with van der Waals surface area (Å²) in [7, 11) is 0. The fraction of sp³-hybridized carbons (Fsp3) is 0.0625. The Morgan fingerprint density at radius 3 is 2.67 bits per heavy atom. The third-order valence-corrected chi connectivity index (χ3v) is 4.01. The third kappa shape index (κ3) is 2.69. The van der Waals surface area contributed by atoms with Crippen molar-refractivity contribution >= 4 is 39.8 Å². The van der Waals surface area contributed by atoms with Gasteiger partial charge in [-0.25, -0.2) is 0 Å². The Balaban J connectivity index is 1.84. The van der Waals surface area contributed by atoms with E-state index in [-0.39, 0.29) is 0 Å². The molecule has 0 radical (unpaired) electrons. The molecule has 21 heavy (non-hydrogen) atoms. The molecule has 0 saturated heterocycles. The van der Waals surface area contributed by atoms with Gasteiger partial charge in [-0.1, -0.05) is 41.4 Å². The van der Waals surface area contributed by atoms with Crippen molar-refractivity contribution in [1.29, 1.82) is 5.26 Å². The second kappa shape index (κ2) is 5.69. The number of fused-ring (bicyclic) bond motifs is 1. The maximum absolute atomic E-state index is 8.83. The van der Waals surface area contributed by atoms with Crippen molar-refractivity contribution in [2.75, 3.05) is 5.32 Å². The number of H-pyrrole nitrogens is 1. The minimum Gasteiger partial charge on any atom is -0.378 e. The van der Waals surface area contributed by atoms with Crippen LogP contribution in [-0.4, -0.2) is 4.98 Å². The molecule has 0 aliphatic carbocycles. The average molecular weight is 316 g/mol. The monoisotopic (exact) mass is 315 g/mol. The molecule has 1 aromatic heterocycles. The molecular weight excluding hydrogens is 305 g/mol. The van der Waals surface area contributed by atoms with Crippen LogP contribution in [0.5, 0.6) is 0 Å². The quantitative estimate of drug-likeness (QED) is 0.717. The van der Waals surface area contributed by atoms with E-state index in [0.29, 0.717) is 22.2 Å². The van der Waals surface area contributed by atoms with Crippen LogP contribution < -0.4 is 5.32 Å². The van der Waals surface area contributed by atoms with Gasteiger partial charge in [0.1, 0.15) is 0 Å². The number of hydrogen-bond donors (Lipinski definition) is 2. The number of nitrogens with one attached hydrogen (secondary N) is 2. The van der Waals surface area contributed by atoms with Crippen LogP contribution in [0.4, 0.5) is 5.69 Å². The van der Waals surface area contributed by atoms with Crippen LogP contribution in [0.3, 0.4) is 0 Å². The van der Waals surface area contributed by atoms with Gasteiger partial charge in [0, 0.05) is 10.9 Å². The van der Waals surface area contributed by atoms with E-state index in [1.54, 1.807) is 18.2 Å². The normalized spacial score (nSPS) is 10.5. The summed E-state index contributed by atoms with van der Waals surface area (Å²) in [6.45, 7) is 0.527. The molecule has 3 nitrogen and oxygen atoms in total. The lowest BCUT2D eigenvalue weighted by Gasteiger charge is -2.08.